The normalized spacial score (nSPS) is 12.5. The highest BCUT2D eigenvalue weighted by Gasteiger charge is 2.32. The fourth-order valence-electron chi connectivity index (χ4n) is 3.63. The highest BCUT2D eigenvalue weighted by atomic mass is 35.5. The summed E-state index contributed by atoms with van der Waals surface area (Å²) < 4.78 is 0. The first-order chi connectivity index (χ1) is 15.9. The van der Waals surface area contributed by atoms with Crippen LogP contribution in [0.4, 0.5) is 16.2 Å². The summed E-state index contributed by atoms with van der Waals surface area (Å²) in [7, 11) is 0. The number of hydrogen-bond donors (Lipinski definition) is 2. The highest BCUT2D eigenvalue weighted by molar-refractivity contribution is 6.31. The third kappa shape index (κ3) is 6.49. The first-order valence-corrected chi connectivity index (χ1v) is 11.5. The number of rotatable bonds is 8. The molecule has 3 aromatic rings. The van der Waals surface area contributed by atoms with Gasteiger partial charge in [0.1, 0.15) is 0 Å². The first-order valence-electron chi connectivity index (χ1n) is 10.7. The van der Waals surface area contributed by atoms with E-state index in [1.807, 2.05) is 0 Å². The second kappa shape index (κ2) is 11.7. The predicted molar refractivity (Wildman–Crippen MR) is 134 cm³/mol. The molecule has 3 aromatic carbocycles. The van der Waals surface area contributed by atoms with Gasteiger partial charge in [0, 0.05) is 21.4 Å². The van der Waals surface area contributed by atoms with Gasteiger partial charge in [-0.15, -0.1) is 0 Å². The van der Waals surface area contributed by atoms with E-state index in [2.05, 4.69) is 18.3 Å². The number of anilines is 2. The summed E-state index contributed by atoms with van der Waals surface area (Å²) in [6.45, 7) is 2.06. The van der Waals surface area contributed by atoms with Gasteiger partial charge in [0.25, 0.3) is 0 Å². The molecule has 0 aliphatic carbocycles. The van der Waals surface area contributed by atoms with E-state index in [0.717, 1.165) is 12.8 Å². The Hall–Kier alpha value is -3.04. The van der Waals surface area contributed by atoms with E-state index >= 15 is 0 Å². The second-order valence-corrected chi connectivity index (χ2v) is 8.55. The summed E-state index contributed by atoms with van der Waals surface area (Å²) in [6.07, 6.45) is 1.26. The number of urea groups is 1. The monoisotopic (exact) mass is 481 g/mol. The van der Waals surface area contributed by atoms with Crippen molar-refractivity contribution in [2.24, 2.45) is 0 Å². The number of nitrogens with zero attached hydrogens (tertiary/aromatic N) is 2. The Balaban J connectivity index is 2.02. The van der Waals surface area contributed by atoms with Crippen LogP contribution in [0.3, 0.4) is 0 Å². The van der Waals surface area contributed by atoms with E-state index in [1.165, 1.54) is 0 Å². The number of hydrogen-bond acceptors (Lipinski definition) is 3. The third-order valence-electron chi connectivity index (χ3n) is 5.33. The van der Waals surface area contributed by atoms with Crippen LogP contribution in [0.15, 0.2) is 72.8 Å². The lowest BCUT2D eigenvalue weighted by molar-refractivity contribution is 0.138. The van der Waals surface area contributed by atoms with Gasteiger partial charge < -0.3 is 10.4 Å². The van der Waals surface area contributed by atoms with Crippen molar-refractivity contribution in [3.8, 4) is 6.07 Å². The van der Waals surface area contributed by atoms with Crippen LogP contribution >= 0.6 is 23.2 Å². The van der Waals surface area contributed by atoms with Crippen molar-refractivity contribution < 1.29 is 9.90 Å². The lowest BCUT2D eigenvalue weighted by Gasteiger charge is -2.35. The quantitative estimate of drug-likeness (QED) is 0.357. The molecule has 0 bridgehead atoms. The molecular formula is C26H25Cl2N3O2. The van der Waals surface area contributed by atoms with E-state index in [9.17, 15) is 15.2 Å². The molecule has 2 N–H and O–H groups in total. The van der Waals surface area contributed by atoms with Gasteiger partial charge in [-0.25, -0.2) is 4.79 Å². The van der Waals surface area contributed by atoms with Crippen molar-refractivity contribution in [1.29, 1.82) is 5.26 Å². The van der Waals surface area contributed by atoms with E-state index in [1.54, 1.807) is 77.7 Å². The van der Waals surface area contributed by atoms with Crippen LogP contribution < -0.4 is 10.2 Å². The van der Waals surface area contributed by atoms with Crippen molar-refractivity contribution in [2.75, 3.05) is 10.2 Å². The molecule has 5 nitrogen and oxygen atoms in total. The zero-order valence-electron chi connectivity index (χ0n) is 18.2. The van der Waals surface area contributed by atoms with Crippen molar-refractivity contribution >= 4 is 40.6 Å². The molecule has 0 saturated heterocycles. The van der Waals surface area contributed by atoms with E-state index < -0.39 is 18.2 Å². The zero-order valence-corrected chi connectivity index (χ0v) is 19.7. The van der Waals surface area contributed by atoms with Crippen LogP contribution in [-0.4, -0.2) is 17.2 Å². The lowest BCUT2D eigenvalue weighted by atomic mass is 9.95. The van der Waals surface area contributed by atoms with Gasteiger partial charge >= 0.3 is 6.03 Å². The molecule has 0 aliphatic heterocycles. The van der Waals surface area contributed by atoms with Crippen LogP contribution in [0.2, 0.25) is 10.0 Å². The number of aliphatic hydroxyl groups is 1. The summed E-state index contributed by atoms with van der Waals surface area (Å²) in [6, 6.07) is 21.7. The van der Waals surface area contributed by atoms with Gasteiger partial charge in [0.05, 0.1) is 23.8 Å². The fourth-order valence-corrected chi connectivity index (χ4v) is 3.89. The number of nitrogens with one attached hydrogen (secondary N) is 1. The molecule has 0 radical (unpaired) electrons. The minimum atomic E-state index is -1.00. The molecule has 7 heteroatoms. The van der Waals surface area contributed by atoms with Crippen molar-refractivity contribution in [2.45, 2.75) is 38.3 Å². The Morgan fingerprint density at radius 2 is 1.70 bits per heavy atom. The fraction of sp³-hybridized carbons (Fsp3) is 0.231. The Morgan fingerprint density at radius 3 is 2.30 bits per heavy atom. The van der Waals surface area contributed by atoms with Crippen LogP contribution in [0, 0.1) is 11.3 Å². The molecule has 0 aromatic heterocycles. The minimum absolute atomic E-state index is 0.392. The Labute approximate surface area is 204 Å². The molecular weight excluding hydrogens is 457 g/mol. The maximum atomic E-state index is 13.5. The predicted octanol–water partition coefficient (Wildman–Crippen LogP) is 7.20. The molecule has 0 spiro atoms. The molecule has 3 rings (SSSR count). The summed E-state index contributed by atoms with van der Waals surface area (Å²) in [5, 5.41) is 24.7. The number of aliphatic hydroxyl groups excluding tert-OH is 1. The number of nitriles is 1. The molecule has 2 amide bonds. The number of benzene rings is 3. The van der Waals surface area contributed by atoms with Crippen molar-refractivity contribution in [3.05, 3.63) is 94.0 Å². The average molecular weight is 482 g/mol. The SMILES string of the molecule is CCCCC(C(O)c1cccc(C#N)c1)N(C(=O)Nc1ccc(Cl)cc1)c1ccc(Cl)cc1. The average Bonchev–Trinajstić information content (AvgIpc) is 2.83. The number of unbranched alkanes of at least 4 members (excludes halogenated alkanes) is 1. The standard InChI is InChI=1S/C26H25Cl2N3O2/c1-2-3-7-24(25(32)19-6-4-5-18(16-19)17-29)31(23-14-10-21(28)11-15-23)26(33)30-22-12-8-20(27)9-13-22/h4-6,8-16,24-25,32H,2-3,7H2,1H3,(H,30,33). The third-order valence-corrected chi connectivity index (χ3v) is 5.83. The summed E-state index contributed by atoms with van der Waals surface area (Å²) in [5.41, 5.74) is 2.21. The lowest BCUT2D eigenvalue weighted by Crippen LogP contribution is -2.46. The van der Waals surface area contributed by atoms with Gasteiger partial charge in [-0.1, -0.05) is 55.1 Å². The summed E-state index contributed by atoms with van der Waals surface area (Å²) in [5.74, 6) is 0. The maximum absolute atomic E-state index is 13.5. The number of carbonyl (C=O) groups excluding carboxylic acids is 1. The van der Waals surface area contributed by atoms with Gasteiger partial charge in [0.15, 0.2) is 0 Å². The molecule has 2 unspecified atom stereocenters. The van der Waals surface area contributed by atoms with E-state index in [-0.39, 0.29) is 0 Å². The van der Waals surface area contributed by atoms with E-state index in [0.29, 0.717) is 39.0 Å². The Bertz CT molecular complexity index is 1110. The molecule has 33 heavy (non-hydrogen) atoms. The minimum Gasteiger partial charge on any atom is -0.386 e. The Morgan fingerprint density at radius 1 is 1.06 bits per heavy atom. The summed E-state index contributed by atoms with van der Waals surface area (Å²) in [4.78, 5) is 15.1. The van der Waals surface area contributed by atoms with Crippen LogP contribution in [0.5, 0.6) is 0 Å². The molecule has 2 atom stereocenters. The van der Waals surface area contributed by atoms with Crippen molar-refractivity contribution in [3.63, 3.8) is 0 Å². The van der Waals surface area contributed by atoms with Crippen LogP contribution in [0.1, 0.15) is 43.4 Å². The molecule has 0 saturated carbocycles. The van der Waals surface area contributed by atoms with Gasteiger partial charge in [-0.2, -0.15) is 5.26 Å². The number of amides is 2. The highest BCUT2D eigenvalue weighted by Crippen LogP contribution is 2.31. The topological polar surface area (TPSA) is 76.4 Å². The maximum Gasteiger partial charge on any atom is 0.326 e. The number of carbonyl (C=O) groups is 1. The smallest absolute Gasteiger partial charge is 0.326 e. The van der Waals surface area contributed by atoms with Crippen molar-refractivity contribution in [1.82, 2.24) is 0 Å². The van der Waals surface area contributed by atoms with Crippen LogP contribution in [0.25, 0.3) is 0 Å². The zero-order chi connectivity index (χ0) is 23.8. The Kier molecular flexibility index (Phi) is 8.73. The molecule has 0 aliphatic rings. The van der Waals surface area contributed by atoms with E-state index in [4.69, 9.17) is 23.2 Å². The summed E-state index contributed by atoms with van der Waals surface area (Å²) >= 11 is 12.1. The van der Waals surface area contributed by atoms with Gasteiger partial charge in [-0.05, 0) is 72.6 Å². The molecule has 170 valence electrons. The number of halogens is 2. The molecule has 0 heterocycles. The molecule has 0 fully saturated rings. The van der Waals surface area contributed by atoms with Crippen LogP contribution in [-0.2, 0) is 0 Å². The second-order valence-electron chi connectivity index (χ2n) is 7.68. The largest absolute Gasteiger partial charge is 0.386 e. The van der Waals surface area contributed by atoms with Gasteiger partial charge in [0.2, 0.25) is 0 Å². The first kappa shape index (κ1) is 24.6. The van der Waals surface area contributed by atoms with Gasteiger partial charge in [-0.3, -0.25) is 4.90 Å².